The van der Waals surface area contributed by atoms with E-state index in [1.165, 1.54) is 11.1 Å². The van der Waals surface area contributed by atoms with Crippen molar-refractivity contribution in [1.82, 2.24) is 14.9 Å². The van der Waals surface area contributed by atoms with Gasteiger partial charge in [-0.15, -0.1) is 0 Å². The molecule has 2 saturated heterocycles. The Bertz CT molecular complexity index is 913. The lowest BCUT2D eigenvalue weighted by atomic mass is 10.0. The fourth-order valence-electron chi connectivity index (χ4n) is 4.78. The van der Waals surface area contributed by atoms with E-state index in [4.69, 9.17) is 14.7 Å². The molecule has 1 amide bonds. The van der Waals surface area contributed by atoms with E-state index in [1.807, 2.05) is 19.1 Å². The van der Waals surface area contributed by atoms with Crippen LogP contribution < -0.4 is 9.64 Å². The molecular formula is C22H26N4O2. The number of aryl methyl sites for hydroxylation is 1. The number of para-hydroxylation sites is 1. The number of carbonyl (C=O) groups is 1. The van der Waals surface area contributed by atoms with Crippen molar-refractivity contribution in [1.29, 1.82) is 0 Å². The second-order valence-corrected chi connectivity index (χ2v) is 8.03. The van der Waals surface area contributed by atoms with Gasteiger partial charge in [-0.3, -0.25) is 4.79 Å². The van der Waals surface area contributed by atoms with E-state index in [0.717, 1.165) is 68.4 Å². The molecule has 6 nitrogen and oxygen atoms in total. The summed E-state index contributed by atoms with van der Waals surface area (Å²) in [5, 5.41) is 0. The summed E-state index contributed by atoms with van der Waals surface area (Å²) >= 11 is 0. The number of benzene rings is 1. The number of fused-ring (bicyclic) bond motifs is 2. The van der Waals surface area contributed by atoms with Gasteiger partial charge >= 0.3 is 0 Å². The number of piperidine rings is 1. The Kier molecular flexibility index (Phi) is 4.41. The SMILES string of the molecule is Cc1nc2c(c(N3CCCC(N4CCCC4=O)C3)n1)Cc1ccccc1OC2. The molecule has 2 aromatic rings. The lowest BCUT2D eigenvalue weighted by molar-refractivity contribution is -0.129. The first kappa shape index (κ1) is 17.5. The number of hydrogen-bond acceptors (Lipinski definition) is 5. The Morgan fingerprint density at radius 1 is 1.14 bits per heavy atom. The molecule has 0 bridgehead atoms. The van der Waals surface area contributed by atoms with Crippen molar-refractivity contribution in [2.45, 2.75) is 51.7 Å². The zero-order valence-electron chi connectivity index (χ0n) is 16.4. The van der Waals surface area contributed by atoms with Crippen LogP contribution in [-0.2, 0) is 17.8 Å². The lowest BCUT2D eigenvalue weighted by Crippen LogP contribution is -2.49. The molecule has 1 aromatic heterocycles. The Morgan fingerprint density at radius 2 is 2.04 bits per heavy atom. The van der Waals surface area contributed by atoms with Crippen LogP contribution in [0.25, 0.3) is 0 Å². The molecule has 0 aliphatic carbocycles. The summed E-state index contributed by atoms with van der Waals surface area (Å²) in [5.74, 6) is 3.05. The molecule has 0 radical (unpaired) electrons. The van der Waals surface area contributed by atoms with Gasteiger partial charge in [-0.2, -0.15) is 0 Å². The predicted molar refractivity (Wildman–Crippen MR) is 107 cm³/mol. The number of rotatable bonds is 2. The highest BCUT2D eigenvalue weighted by atomic mass is 16.5. The number of ether oxygens (including phenoxy) is 1. The average Bonchev–Trinajstić information content (AvgIpc) is 3.05. The number of hydrogen-bond donors (Lipinski definition) is 0. The molecule has 6 heteroatoms. The molecule has 0 spiro atoms. The third-order valence-corrected chi connectivity index (χ3v) is 6.13. The smallest absolute Gasteiger partial charge is 0.222 e. The third-order valence-electron chi connectivity index (χ3n) is 6.13. The first-order valence-corrected chi connectivity index (χ1v) is 10.3. The van der Waals surface area contributed by atoms with E-state index in [2.05, 4.69) is 21.9 Å². The first-order valence-electron chi connectivity index (χ1n) is 10.3. The second kappa shape index (κ2) is 7.08. The molecule has 28 heavy (non-hydrogen) atoms. The molecular weight excluding hydrogens is 352 g/mol. The highest BCUT2D eigenvalue weighted by molar-refractivity contribution is 5.78. The van der Waals surface area contributed by atoms with E-state index in [9.17, 15) is 4.79 Å². The van der Waals surface area contributed by atoms with Crippen molar-refractivity contribution in [2.24, 2.45) is 0 Å². The van der Waals surface area contributed by atoms with E-state index in [0.29, 0.717) is 25.0 Å². The fourth-order valence-corrected chi connectivity index (χ4v) is 4.78. The fraction of sp³-hybridized carbons (Fsp3) is 0.500. The molecule has 3 aliphatic rings. The van der Waals surface area contributed by atoms with Crippen LogP contribution in [0.2, 0.25) is 0 Å². The van der Waals surface area contributed by atoms with Crippen LogP contribution in [-0.4, -0.2) is 46.5 Å². The number of anilines is 1. The molecule has 1 unspecified atom stereocenters. The number of amides is 1. The molecule has 146 valence electrons. The van der Waals surface area contributed by atoms with Crippen molar-refractivity contribution in [3.63, 3.8) is 0 Å². The van der Waals surface area contributed by atoms with Gasteiger partial charge in [-0.1, -0.05) is 18.2 Å². The molecule has 1 atom stereocenters. The summed E-state index contributed by atoms with van der Waals surface area (Å²) in [4.78, 5) is 26.3. The lowest BCUT2D eigenvalue weighted by Gasteiger charge is -2.39. The molecule has 4 heterocycles. The standard InChI is InChI=1S/C22H26N4O2/c1-15-23-19-14-28-20-8-3-2-6-16(20)12-18(19)22(24-15)25-10-4-7-17(13-25)26-11-5-9-21(26)27/h2-3,6,8,17H,4-5,7,9-14H2,1H3. The summed E-state index contributed by atoms with van der Waals surface area (Å²) in [6.07, 6.45) is 4.64. The Morgan fingerprint density at radius 3 is 2.89 bits per heavy atom. The highest BCUT2D eigenvalue weighted by Gasteiger charge is 2.33. The van der Waals surface area contributed by atoms with Crippen LogP contribution in [0.4, 0.5) is 5.82 Å². The average molecular weight is 378 g/mol. The summed E-state index contributed by atoms with van der Waals surface area (Å²) in [6.45, 7) is 5.17. The minimum Gasteiger partial charge on any atom is -0.487 e. The van der Waals surface area contributed by atoms with Crippen LogP contribution in [0.15, 0.2) is 24.3 Å². The van der Waals surface area contributed by atoms with Gasteiger partial charge in [0.25, 0.3) is 0 Å². The van der Waals surface area contributed by atoms with Gasteiger partial charge in [0.05, 0.1) is 5.69 Å². The Labute approximate surface area is 165 Å². The highest BCUT2D eigenvalue weighted by Crippen LogP contribution is 2.33. The van der Waals surface area contributed by atoms with Gasteiger partial charge in [0.2, 0.25) is 5.91 Å². The summed E-state index contributed by atoms with van der Waals surface area (Å²) in [5.41, 5.74) is 3.33. The maximum Gasteiger partial charge on any atom is 0.222 e. The molecule has 5 rings (SSSR count). The molecule has 1 aromatic carbocycles. The third kappa shape index (κ3) is 3.11. The number of nitrogens with zero attached hydrogens (tertiary/aromatic N) is 4. The van der Waals surface area contributed by atoms with Crippen LogP contribution >= 0.6 is 0 Å². The van der Waals surface area contributed by atoms with Crippen LogP contribution in [0.5, 0.6) is 5.75 Å². The first-order chi connectivity index (χ1) is 13.7. The molecule has 2 fully saturated rings. The zero-order valence-corrected chi connectivity index (χ0v) is 16.4. The van der Waals surface area contributed by atoms with E-state index < -0.39 is 0 Å². The normalized spacial score (nSPS) is 21.8. The monoisotopic (exact) mass is 378 g/mol. The van der Waals surface area contributed by atoms with Crippen LogP contribution in [0.1, 0.15) is 48.3 Å². The van der Waals surface area contributed by atoms with Gasteiger partial charge in [0.15, 0.2) is 0 Å². The quantitative estimate of drug-likeness (QED) is 0.804. The molecule has 0 N–H and O–H groups in total. The van der Waals surface area contributed by atoms with E-state index in [-0.39, 0.29) is 0 Å². The minimum atomic E-state index is 0.295. The van der Waals surface area contributed by atoms with Gasteiger partial charge in [-0.25, -0.2) is 9.97 Å². The van der Waals surface area contributed by atoms with Gasteiger partial charge in [0, 0.05) is 44.1 Å². The van der Waals surface area contributed by atoms with Gasteiger partial charge in [-0.05, 0) is 37.8 Å². The molecule has 0 saturated carbocycles. The van der Waals surface area contributed by atoms with Crippen LogP contribution in [0.3, 0.4) is 0 Å². The topological polar surface area (TPSA) is 58.6 Å². The maximum absolute atomic E-state index is 12.3. The van der Waals surface area contributed by atoms with Crippen molar-refractivity contribution >= 4 is 11.7 Å². The van der Waals surface area contributed by atoms with Crippen molar-refractivity contribution in [2.75, 3.05) is 24.5 Å². The van der Waals surface area contributed by atoms with Crippen molar-refractivity contribution in [3.8, 4) is 5.75 Å². The Balaban J connectivity index is 1.49. The van der Waals surface area contributed by atoms with E-state index >= 15 is 0 Å². The summed E-state index contributed by atoms with van der Waals surface area (Å²) in [6, 6.07) is 8.50. The maximum atomic E-state index is 12.3. The van der Waals surface area contributed by atoms with Gasteiger partial charge in [0.1, 0.15) is 24.0 Å². The predicted octanol–water partition coefficient (Wildman–Crippen LogP) is 2.86. The number of carbonyl (C=O) groups excluding carboxylic acids is 1. The zero-order chi connectivity index (χ0) is 19.1. The van der Waals surface area contributed by atoms with Crippen molar-refractivity contribution < 1.29 is 9.53 Å². The van der Waals surface area contributed by atoms with Gasteiger partial charge < -0.3 is 14.5 Å². The summed E-state index contributed by atoms with van der Waals surface area (Å²) < 4.78 is 6.03. The molecule has 3 aliphatic heterocycles. The van der Waals surface area contributed by atoms with Crippen LogP contribution in [0, 0.1) is 6.92 Å². The van der Waals surface area contributed by atoms with E-state index in [1.54, 1.807) is 0 Å². The Hall–Kier alpha value is -2.63. The summed E-state index contributed by atoms with van der Waals surface area (Å²) in [7, 11) is 0. The second-order valence-electron chi connectivity index (χ2n) is 8.03. The number of likely N-dealkylation sites (tertiary alicyclic amines) is 1. The number of aromatic nitrogens is 2. The largest absolute Gasteiger partial charge is 0.487 e. The minimum absolute atomic E-state index is 0.295. The van der Waals surface area contributed by atoms with Crippen molar-refractivity contribution in [3.05, 3.63) is 46.9 Å².